The number of hydrogen-bond acceptors (Lipinski definition) is 4. The van der Waals surface area contributed by atoms with Gasteiger partial charge >= 0.3 is 12.0 Å². The van der Waals surface area contributed by atoms with E-state index in [1.54, 1.807) is 17.0 Å². The van der Waals surface area contributed by atoms with Gasteiger partial charge in [-0.3, -0.25) is 14.9 Å². The van der Waals surface area contributed by atoms with Crippen molar-refractivity contribution in [2.75, 3.05) is 13.1 Å². The normalized spacial score (nSPS) is 25.6. The second-order valence-corrected chi connectivity index (χ2v) is 7.19. The number of urea groups is 1. The fourth-order valence-electron chi connectivity index (χ4n) is 4.31. The molecule has 1 aliphatic carbocycles. The van der Waals surface area contributed by atoms with Crippen molar-refractivity contribution in [3.05, 3.63) is 39.9 Å². The predicted molar refractivity (Wildman–Crippen MR) is 93.6 cm³/mol. The first-order valence-electron chi connectivity index (χ1n) is 8.90. The summed E-state index contributed by atoms with van der Waals surface area (Å²) in [6, 6.07) is 5.56. The molecule has 1 unspecified atom stereocenters. The Kier molecular flexibility index (Phi) is 4.84. The zero-order valence-electron chi connectivity index (χ0n) is 14.7. The highest BCUT2D eigenvalue weighted by Gasteiger charge is 2.55. The van der Waals surface area contributed by atoms with Gasteiger partial charge in [0.2, 0.25) is 0 Å². The Morgan fingerprint density at radius 1 is 1.50 bits per heavy atom. The Labute approximate surface area is 151 Å². The van der Waals surface area contributed by atoms with Crippen molar-refractivity contribution in [1.82, 2.24) is 10.2 Å². The van der Waals surface area contributed by atoms with E-state index in [1.165, 1.54) is 12.1 Å². The standard InChI is InChI=1S/C18H23N3O5/c1-2-15(12-5-3-7-14(9-12)21(25)26)19-17(24)20-10-13-6-4-8-18(13,11-20)16(22)23/h3,5,7,9,13,15H,2,4,6,8,10-11H2,1H3,(H,19,24)(H,22,23)/t13-,15?,18+/m0/s1. The SMILES string of the molecule is CCC(NC(=O)N1C[C@@H]2CCC[C@@]2(C(=O)O)C1)c1cccc([N+](=O)[O-])c1. The number of nitrogens with one attached hydrogen (secondary N) is 1. The Bertz CT molecular complexity index is 737. The fraction of sp³-hybridized carbons (Fsp3) is 0.556. The lowest BCUT2D eigenvalue weighted by Gasteiger charge is -2.25. The lowest BCUT2D eigenvalue weighted by Crippen LogP contribution is -2.42. The molecule has 3 atom stereocenters. The quantitative estimate of drug-likeness (QED) is 0.618. The largest absolute Gasteiger partial charge is 0.481 e. The van der Waals surface area contributed by atoms with E-state index in [4.69, 9.17) is 0 Å². The van der Waals surface area contributed by atoms with Crippen LogP contribution >= 0.6 is 0 Å². The van der Waals surface area contributed by atoms with Gasteiger partial charge in [0.1, 0.15) is 0 Å². The molecule has 2 N–H and O–H groups in total. The van der Waals surface area contributed by atoms with Gasteiger partial charge in [-0.2, -0.15) is 0 Å². The van der Waals surface area contributed by atoms with E-state index in [0.29, 0.717) is 24.9 Å². The van der Waals surface area contributed by atoms with Gasteiger partial charge in [0, 0.05) is 25.2 Å². The van der Waals surface area contributed by atoms with Crippen LogP contribution in [-0.2, 0) is 4.79 Å². The molecule has 2 fully saturated rings. The number of non-ortho nitro benzene ring substituents is 1. The number of carboxylic acid groups (broad SMARTS) is 1. The lowest BCUT2D eigenvalue weighted by molar-refractivity contribution is -0.384. The molecule has 0 aromatic heterocycles. The topological polar surface area (TPSA) is 113 Å². The van der Waals surface area contributed by atoms with Crippen molar-refractivity contribution < 1.29 is 19.6 Å². The van der Waals surface area contributed by atoms with Crippen molar-refractivity contribution in [2.24, 2.45) is 11.3 Å². The maximum absolute atomic E-state index is 12.7. The van der Waals surface area contributed by atoms with Crippen LogP contribution in [0.3, 0.4) is 0 Å². The van der Waals surface area contributed by atoms with Crippen LogP contribution in [0, 0.1) is 21.4 Å². The number of amides is 2. The molecule has 1 aromatic carbocycles. The minimum atomic E-state index is -0.818. The maximum atomic E-state index is 12.7. The Morgan fingerprint density at radius 2 is 2.27 bits per heavy atom. The van der Waals surface area contributed by atoms with Crippen LogP contribution in [0.2, 0.25) is 0 Å². The first-order valence-corrected chi connectivity index (χ1v) is 8.90. The van der Waals surface area contributed by atoms with Gasteiger partial charge in [-0.05, 0) is 30.7 Å². The molecule has 1 saturated heterocycles. The van der Waals surface area contributed by atoms with Crippen LogP contribution in [0.25, 0.3) is 0 Å². The Balaban J connectivity index is 1.72. The van der Waals surface area contributed by atoms with E-state index < -0.39 is 16.3 Å². The number of hydrogen-bond donors (Lipinski definition) is 2. The molecule has 26 heavy (non-hydrogen) atoms. The third-order valence-electron chi connectivity index (χ3n) is 5.77. The lowest BCUT2D eigenvalue weighted by atomic mass is 9.81. The summed E-state index contributed by atoms with van der Waals surface area (Å²) in [5.41, 5.74) is -0.164. The van der Waals surface area contributed by atoms with Crippen LogP contribution in [-0.4, -0.2) is 40.0 Å². The summed E-state index contributed by atoms with van der Waals surface area (Å²) in [6.07, 6.45) is 2.91. The Morgan fingerprint density at radius 3 is 2.88 bits per heavy atom. The van der Waals surface area contributed by atoms with Crippen LogP contribution in [0.1, 0.15) is 44.2 Å². The van der Waals surface area contributed by atoms with E-state index in [2.05, 4.69) is 5.32 Å². The molecular formula is C18H23N3O5. The number of carbonyl (C=O) groups excluding carboxylic acids is 1. The summed E-state index contributed by atoms with van der Waals surface area (Å²) in [5.74, 6) is -0.815. The molecule has 140 valence electrons. The minimum Gasteiger partial charge on any atom is -0.481 e. The maximum Gasteiger partial charge on any atom is 0.317 e. The third-order valence-corrected chi connectivity index (χ3v) is 5.77. The molecular weight excluding hydrogens is 338 g/mol. The zero-order chi connectivity index (χ0) is 18.9. The molecule has 8 nitrogen and oxygen atoms in total. The van der Waals surface area contributed by atoms with E-state index >= 15 is 0 Å². The monoisotopic (exact) mass is 361 g/mol. The molecule has 0 radical (unpaired) electrons. The number of nitrogens with zero attached hydrogens (tertiary/aromatic N) is 2. The van der Waals surface area contributed by atoms with Crippen molar-refractivity contribution in [1.29, 1.82) is 0 Å². The number of nitro groups is 1. The molecule has 1 saturated carbocycles. The molecule has 1 heterocycles. The highest BCUT2D eigenvalue weighted by atomic mass is 16.6. The van der Waals surface area contributed by atoms with Crippen molar-refractivity contribution >= 4 is 17.7 Å². The minimum absolute atomic E-state index is 0.00337. The summed E-state index contributed by atoms with van der Waals surface area (Å²) >= 11 is 0. The number of aliphatic carboxylic acids is 1. The average molecular weight is 361 g/mol. The van der Waals surface area contributed by atoms with Gasteiger partial charge in [0.05, 0.1) is 16.4 Å². The first kappa shape index (κ1) is 18.2. The molecule has 1 aliphatic heterocycles. The van der Waals surface area contributed by atoms with Gasteiger partial charge in [0.25, 0.3) is 5.69 Å². The number of benzene rings is 1. The number of rotatable bonds is 5. The molecule has 0 spiro atoms. The van der Waals surface area contributed by atoms with Gasteiger partial charge in [-0.25, -0.2) is 4.79 Å². The van der Waals surface area contributed by atoms with Crippen molar-refractivity contribution in [3.63, 3.8) is 0 Å². The summed E-state index contributed by atoms with van der Waals surface area (Å²) < 4.78 is 0. The number of carbonyl (C=O) groups is 2. The van der Waals surface area contributed by atoms with Crippen LogP contribution in [0.15, 0.2) is 24.3 Å². The van der Waals surface area contributed by atoms with E-state index in [9.17, 15) is 24.8 Å². The highest BCUT2D eigenvalue weighted by molar-refractivity contribution is 5.80. The van der Waals surface area contributed by atoms with Gasteiger partial charge in [0.15, 0.2) is 0 Å². The van der Waals surface area contributed by atoms with E-state index in [0.717, 1.165) is 12.8 Å². The van der Waals surface area contributed by atoms with Crippen LogP contribution in [0.4, 0.5) is 10.5 Å². The Hall–Kier alpha value is -2.64. The number of nitro benzene ring substituents is 1. The highest BCUT2D eigenvalue weighted by Crippen LogP contribution is 2.48. The van der Waals surface area contributed by atoms with Crippen molar-refractivity contribution in [3.8, 4) is 0 Å². The number of likely N-dealkylation sites (tertiary alicyclic amines) is 1. The first-order chi connectivity index (χ1) is 12.4. The zero-order valence-corrected chi connectivity index (χ0v) is 14.7. The molecule has 0 bridgehead atoms. The van der Waals surface area contributed by atoms with Crippen molar-refractivity contribution in [2.45, 2.75) is 38.6 Å². The summed E-state index contributed by atoms with van der Waals surface area (Å²) in [6.45, 7) is 2.56. The third kappa shape index (κ3) is 3.11. The summed E-state index contributed by atoms with van der Waals surface area (Å²) in [7, 11) is 0. The van der Waals surface area contributed by atoms with Crippen LogP contribution < -0.4 is 5.32 Å². The second kappa shape index (κ2) is 6.93. The molecule has 2 amide bonds. The molecule has 8 heteroatoms. The van der Waals surface area contributed by atoms with Gasteiger partial charge in [-0.1, -0.05) is 25.5 Å². The molecule has 1 aromatic rings. The summed E-state index contributed by atoms with van der Waals surface area (Å²) in [5, 5.41) is 23.5. The molecule has 2 aliphatic rings. The average Bonchev–Trinajstić information content (AvgIpc) is 3.18. The second-order valence-electron chi connectivity index (χ2n) is 7.19. The van der Waals surface area contributed by atoms with Gasteiger partial charge in [-0.15, -0.1) is 0 Å². The fourth-order valence-corrected chi connectivity index (χ4v) is 4.31. The van der Waals surface area contributed by atoms with Gasteiger partial charge < -0.3 is 15.3 Å². The van der Waals surface area contributed by atoms with E-state index in [1.807, 2.05) is 6.92 Å². The van der Waals surface area contributed by atoms with E-state index in [-0.39, 0.29) is 30.2 Å². The summed E-state index contributed by atoms with van der Waals surface area (Å²) in [4.78, 5) is 36.5. The smallest absolute Gasteiger partial charge is 0.317 e. The predicted octanol–water partition coefficient (Wildman–Crippen LogP) is 2.94. The van der Waals surface area contributed by atoms with Crippen LogP contribution in [0.5, 0.6) is 0 Å². The number of carboxylic acids is 1. The number of fused-ring (bicyclic) bond motifs is 1. The molecule has 3 rings (SSSR count).